The Morgan fingerprint density at radius 3 is 2.09 bits per heavy atom. The van der Waals surface area contributed by atoms with Crippen LogP contribution in [0.5, 0.6) is 0 Å². The van der Waals surface area contributed by atoms with Gasteiger partial charge in [0, 0.05) is 36.6 Å². The van der Waals surface area contributed by atoms with E-state index in [0.29, 0.717) is 11.4 Å². The average Bonchev–Trinajstić information content (AvgIpc) is 3.46. The lowest BCUT2D eigenvalue weighted by Crippen LogP contribution is -2.61. The van der Waals surface area contributed by atoms with Gasteiger partial charge in [-0.25, -0.2) is 9.97 Å². The zero-order valence-electron chi connectivity index (χ0n) is 16.9. The number of carbonyl (C=O) groups is 2. The van der Waals surface area contributed by atoms with Crippen LogP contribution in [0, 0.1) is 0 Å². The molecule has 9 N–H and O–H groups in total. The number of nitrogens with zero attached hydrogens (tertiary/aromatic N) is 2. The molecule has 32 heavy (non-hydrogen) atoms. The van der Waals surface area contributed by atoms with E-state index in [-0.39, 0.29) is 12.8 Å². The second kappa shape index (κ2) is 10.6. The molecule has 3 heterocycles. The summed E-state index contributed by atoms with van der Waals surface area (Å²) in [6, 6.07) is -2.13. The first-order valence-electron chi connectivity index (χ1n) is 9.78. The molecule has 1 fully saturated rings. The molecule has 1 aliphatic heterocycles. The molecule has 2 aromatic rings. The summed E-state index contributed by atoms with van der Waals surface area (Å²) < 4.78 is 15.3. The zero-order valence-corrected chi connectivity index (χ0v) is 16.9. The third-order valence-corrected chi connectivity index (χ3v) is 4.90. The maximum Gasteiger partial charge on any atom is 0.323 e. The van der Waals surface area contributed by atoms with Crippen LogP contribution in [0.15, 0.2) is 25.0 Å². The van der Waals surface area contributed by atoms with E-state index in [0.717, 1.165) is 0 Å². The van der Waals surface area contributed by atoms with Gasteiger partial charge in [-0.3, -0.25) is 9.59 Å². The van der Waals surface area contributed by atoms with Crippen LogP contribution in [0.2, 0.25) is 0 Å². The highest BCUT2D eigenvalue weighted by Crippen LogP contribution is 2.23. The number of esters is 2. The van der Waals surface area contributed by atoms with Crippen LogP contribution < -0.4 is 11.5 Å². The summed E-state index contributed by atoms with van der Waals surface area (Å²) in [4.78, 5) is 37.7. The number of hydrogen-bond acceptors (Lipinski definition) is 12. The Balaban J connectivity index is 1.54. The third-order valence-electron chi connectivity index (χ3n) is 4.90. The number of nitrogens with two attached hydrogens (primary N) is 2. The van der Waals surface area contributed by atoms with Crippen LogP contribution in [0.1, 0.15) is 11.4 Å². The second-order valence-electron chi connectivity index (χ2n) is 7.35. The maximum absolute atomic E-state index is 12.3. The lowest BCUT2D eigenvalue weighted by atomic mass is 9.99. The number of carbonyl (C=O) groups excluding carboxylic acids is 2. The lowest BCUT2D eigenvalue weighted by Gasteiger charge is -2.40. The molecule has 3 rings (SSSR count). The molecule has 0 aliphatic carbocycles. The molecule has 0 spiro atoms. The van der Waals surface area contributed by atoms with Gasteiger partial charge in [0.2, 0.25) is 0 Å². The summed E-state index contributed by atoms with van der Waals surface area (Å²) in [6.07, 6.45) is -1.96. The van der Waals surface area contributed by atoms with Gasteiger partial charge in [-0.05, 0) is 0 Å². The highest BCUT2D eigenvalue weighted by atomic mass is 16.7. The Labute approximate surface area is 181 Å². The molecule has 1 saturated heterocycles. The van der Waals surface area contributed by atoms with Crippen molar-refractivity contribution in [2.75, 3.05) is 6.61 Å². The Morgan fingerprint density at radius 2 is 1.56 bits per heavy atom. The average molecular weight is 454 g/mol. The van der Waals surface area contributed by atoms with E-state index in [1.165, 1.54) is 25.0 Å². The molecule has 7 atom stereocenters. The minimum absolute atomic E-state index is 0.0755. The van der Waals surface area contributed by atoms with Crippen molar-refractivity contribution >= 4 is 11.9 Å². The Hall–Kier alpha value is -2.88. The van der Waals surface area contributed by atoms with E-state index in [4.69, 9.17) is 25.7 Å². The molecular weight excluding hydrogens is 428 g/mol. The molecule has 0 radical (unpaired) electrons. The predicted octanol–water partition coefficient (Wildman–Crippen LogP) is -3.53. The fourth-order valence-electron chi connectivity index (χ4n) is 3.12. The number of imidazole rings is 2. The Bertz CT molecular complexity index is 863. The maximum atomic E-state index is 12.3. The number of hydrogen-bond donors (Lipinski definition) is 7. The standard InChI is InChI=1S/C18H26N6O8/c19-10(1-8-3-21-6-23-8)16(27)30-5-12-13(25)15(14(26)18(29)31-12)32-17(28)11(20)2-9-4-22-7-24-9/h3-4,6-7,10-15,18,25-26,29H,1-2,5,19-20H2,(H,21,23)(H,22,24)/t10-,11-,12+,13+,14+,15-,18?/m0/s1. The van der Waals surface area contributed by atoms with Gasteiger partial charge in [0.1, 0.15) is 37.0 Å². The summed E-state index contributed by atoms with van der Waals surface area (Å²) in [6.45, 7) is -0.505. The summed E-state index contributed by atoms with van der Waals surface area (Å²) >= 11 is 0. The largest absolute Gasteiger partial charge is 0.462 e. The van der Waals surface area contributed by atoms with E-state index in [2.05, 4.69) is 19.9 Å². The molecule has 14 heteroatoms. The predicted molar refractivity (Wildman–Crippen MR) is 104 cm³/mol. The van der Waals surface area contributed by atoms with Crippen molar-refractivity contribution in [3.05, 3.63) is 36.4 Å². The summed E-state index contributed by atoms with van der Waals surface area (Å²) in [5.74, 6) is -1.71. The zero-order chi connectivity index (χ0) is 23.3. The monoisotopic (exact) mass is 454 g/mol. The van der Waals surface area contributed by atoms with E-state index in [1.54, 1.807) is 0 Å². The smallest absolute Gasteiger partial charge is 0.323 e. The molecule has 1 aliphatic rings. The van der Waals surface area contributed by atoms with Gasteiger partial charge < -0.3 is 51.0 Å². The minimum atomic E-state index is -1.80. The highest BCUT2D eigenvalue weighted by Gasteiger charge is 2.47. The van der Waals surface area contributed by atoms with Crippen molar-refractivity contribution in [3.63, 3.8) is 0 Å². The molecule has 176 valence electrons. The molecule has 0 amide bonds. The number of ether oxygens (including phenoxy) is 3. The molecule has 0 aromatic carbocycles. The van der Waals surface area contributed by atoms with Gasteiger partial charge in [-0.2, -0.15) is 0 Å². The normalized spacial score (nSPS) is 27.5. The molecule has 2 aromatic heterocycles. The van der Waals surface area contributed by atoms with Gasteiger partial charge in [0.25, 0.3) is 0 Å². The number of aromatic nitrogens is 4. The SMILES string of the molecule is N[C@@H](Cc1cnc[nH]1)C(=O)OC[C@H]1OC(O)[C@H](O)[C@@H](OC(=O)[C@@H](N)Cc2cnc[nH]2)[C@@H]1O. The van der Waals surface area contributed by atoms with Crippen molar-refractivity contribution in [1.82, 2.24) is 19.9 Å². The topological polar surface area (TPSA) is 232 Å². The first-order valence-corrected chi connectivity index (χ1v) is 9.78. The molecule has 14 nitrogen and oxygen atoms in total. The van der Waals surface area contributed by atoms with E-state index in [1.807, 2.05) is 0 Å². The summed E-state index contributed by atoms with van der Waals surface area (Å²) in [5.41, 5.74) is 12.8. The van der Waals surface area contributed by atoms with Crippen molar-refractivity contribution in [3.8, 4) is 0 Å². The minimum Gasteiger partial charge on any atom is -0.462 e. The van der Waals surface area contributed by atoms with Crippen LogP contribution in [0.4, 0.5) is 0 Å². The van der Waals surface area contributed by atoms with Crippen molar-refractivity contribution in [2.24, 2.45) is 11.5 Å². The second-order valence-corrected chi connectivity index (χ2v) is 7.35. The van der Waals surface area contributed by atoms with Gasteiger partial charge in [0.15, 0.2) is 12.4 Å². The number of nitrogens with one attached hydrogen (secondary N) is 2. The van der Waals surface area contributed by atoms with Crippen LogP contribution in [0.3, 0.4) is 0 Å². The van der Waals surface area contributed by atoms with Gasteiger partial charge in [-0.1, -0.05) is 0 Å². The summed E-state index contributed by atoms with van der Waals surface area (Å²) in [7, 11) is 0. The number of aliphatic hydroxyl groups is 3. The van der Waals surface area contributed by atoms with Crippen LogP contribution >= 0.6 is 0 Å². The van der Waals surface area contributed by atoms with Gasteiger partial charge in [-0.15, -0.1) is 0 Å². The quantitative estimate of drug-likeness (QED) is 0.183. The van der Waals surface area contributed by atoms with E-state index >= 15 is 0 Å². The number of aromatic amines is 2. The van der Waals surface area contributed by atoms with Crippen LogP contribution in [-0.4, -0.2) is 96.6 Å². The Kier molecular flexibility index (Phi) is 7.89. The lowest BCUT2D eigenvalue weighted by molar-refractivity contribution is -0.291. The fraction of sp³-hybridized carbons (Fsp3) is 0.556. The van der Waals surface area contributed by atoms with Crippen LogP contribution in [-0.2, 0) is 36.6 Å². The molecule has 0 saturated carbocycles. The van der Waals surface area contributed by atoms with Gasteiger partial charge in [0.05, 0.1) is 12.7 Å². The van der Waals surface area contributed by atoms with Gasteiger partial charge >= 0.3 is 11.9 Å². The van der Waals surface area contributed by atoms with Crippen LogP contribution in [0.25, 0.3) is 0 Å². The Morgan fingerprint density at radius 1 is 1.00 bits per heavy atom. The number of rotatable bonds is 9. The first kappa shape index (κ1) is 23.8. The van der Waals surface area contributed by atoms with E-state index < -0.39 is 61.3 Å². The molecule has 0 bridgehead atoms. The first-order chi connectivity index (χ1) is 15.3. The summed E-state index contributed by atoms with van der Waals surface area (Å²) in [5, 5.41) is 30.6. The van der Waals surface area contributed by atoms with E-state index in [9.17, 15) is 24.9 Å². The molecular formula is C18H26N6O8. The third kappa shape index (κ3) is 5.87. The van der Waals surface area contributed by atoms with Crippen molar-refractivity contribution < 1.29 is 39.1 Å². The highest BCUT2D eigenvalue weighted by molar-refractivity contribution is 5.76. The number of H-pyrrole nitrogens is 2. The van der Waals surface area contributed by atoms with Crippen molar-refractivity contribution in [2.45, 2.75) is 55.6 Å². The van der Waals surface area contributed by atoms with Crippen molar-refractivity contribution in [1.29, 1.82) is 0 Å². The fourth-order valence-corrected chi connectivity index (χ4v) is 3.12. The molecule has 1 unspecified atom stereocenters. The number of aliphatic hydroxyl groups excluding tert-OH is 3.